The van der Waals surface area contributed by atoms with Gasteiger partial charge in [-0.2, -0.15) is 5.26 Å². The van der Waals surface area contributed by atoms with Gasteiger partial charge in [0.05, 0.1) is 17.4 Å². The van der Waals surface area contributed by atoms with Crippen LogP contribution in [-0.2, 0) is 16.4 Å². The Bertz CT molecular complexity index is 564. The fraction of sp³-hybridized carbons (Fsp3) is 0.417. The maximum Gasteiger partial charge on any atom is 0.148 e. The minimum atomic E-state index is -3.05. The van der Waals surface area contributed by atoms with Crippen molar-refractivity contribution < 1.29 is 12.8 Å². The Morgan fingerprint density at radius 2 is 2.17 bits per heavy atom. The highest BCUT2D eigenvalue weighted by atomic mass is 32.2. The third-order valence-electron chi connectivity index (χ3n) is 2.38. The number of hydrogen-bond acceptors (Lipinski definition) is 4. The van der Waals surface area contributed by atoms with Gasteiger partial charge >= 0.3 is 0 Å². The molecule has 1 aromatic rings. The molecule has 0 bridgehead atoms. The van der Waals surface area contributed by atoms with Crippen LogP contribution in [-0.4, -0.2) is 26.5 Å². The molecule has 0 saturated carbocycles. The van der Waals surface area contributed by atoms with Crippen LogP contribution < -0.4 is 5.32 Å². The minimum absolute atomic E-state index is 0.00486. The Morgan fingerprint density at radius 3 is 2.67 bits per heavy atom. The molecule has 1 unspecified atom stereocenters. The molecule has 1 atom stereocenters. The molecule has 0 heterocycles. The zero-order valence-electron chi connectivity index (χ0n) is 10.3. The van der Waals surface area contributed by atoms with E-state index in [4.69, 9.17) is 5.26 Å². The summed E-state index contributed by atoms with van der Waals surface area (Å²) in [6.45, 7) is 1.96. The van der Waals surface area contributed by atoms with Crippen molar-refractivity contribution in [2.45, 2.75) is 19.5 Å². The van der Waals surface area contributed by atoms with Gasteiger partial charge in [0.15, 0.2) is 0 Å². The first-order chi connectivity index (χ1) is 8.31. The molecular formula is C12H15FN2O2S. The first kappa shape index (κ1) is 14.6. The molecule has 0 spiro atoms. The first-order valence-electron chi connectivity index (χ1n) is 5.41. The molecule has 0 saturated heterocycles. The van der Waals surface area contributed by atoms with Crippen LogP contribution in [0.4, 0.5) is 4.39 Å². The van der Waals surface area contributed by atoms with Crippen LogP contribution in [0.3, 0.4) is 0 Å². The molecule has 0 amide bonds. The summed E-state index contributed by atoms with van der Waals surface area (Å²) in [4.78, 5) is 0. The van der Waals surface area contributed by atoms with Gasteiger partial charge in [-0.25, -0.2) is 12.8 Å². The van der Waals surface area contributed by atoms with Gasteiger partial charge in [0.25, 0.3) is 0 Å². The molecule has 1 N–H and O–H groups in total. The van der Waals surface area contributed by atoms with E-state index in [9.17, 15) is 12.8 Å². The second-order valence-electron chi connectivity index (χ2n) is 4.29. The van der Waals surface area contributed by atoms with Crippen molar-refractivity contribution in [2.24, 2.45) is 0 Å². The van der Waals surface area contributed by atoms with Crippen molar-refractivity contribution in [3.05, 3.63) is 35.1 Å². The molecule has 0 aliphatic carbocycles. The normalized spacial score (nSPS) is 13.0. The van der Waals surface area contributed by atoms with Gasteiger partial charge < -0.3 is 5.32 Å². The number of halogens is 1. The van der Waals surface area contributed by atoms with Gasteiger partial charge in [0.2, 0.25) is 0 Å². The van der Waals surface area contributed by atoms with Crippen molar-refractivity contribution in [3.8, 4) is 6.07 Å². The maximum absolute atomic E-state index is 13.5. The van der Waals surface area contributed by atoms with Gasteiger partial charge in [0.1, 0.15) is 15.7 Å². The Morgan fingerprint density at radius 1 is 1.50 bits per heavy atom. The topological polar surface area (TPSA) is 70.0 Å². The molecule has 18 heavy (non-hydrogen) atoms. The summed E-state index contributed by atoms with van der Waals surface area (Å²) in [6.07, 6.45) is 1.16. The second kappa shape index (κ2) is 5.94. The van der Waals surface area contributed by atoms with Crippen molar-refractivity contribution in [1.82, 2.24) is 5.32 Å². The molecule has 0 radical (unpaired) electrons. The molecule has 0 aliphatic heterocycles. The van der Waals surface area contributed by atoms with E-state index in [1.54, 1.807) is 6.92 Å². The van der Waals surface area contributed by atoms with Gasteiger partial charge in [-0.15, -0.1) is 0 Å². The molecule has 6 heteroatoms. The van der Waals surface area contributed by atoms with Crippen LogP contribution in [0.1, 0.15) is 18.1 Å². The van der Waals surface area contributed by atoms with Gasteiger partial charge in [-0.3, -0.25) is 0 Å². The number of nitrogens with one attached hydrogen (secondary N) is 1. The maximum atomic E-state index is 13.5. The van der Waals surface area contributed by atoms with E-state index in [1.165, 1.54) is 12.1 Å². The summed E-state index contributed by atoms with van der Waals surface area (Å²) in [5.74, 6) is -0.460. The molecular weight excluding hydrogens is 255 g/mol. The summed E-state index contributed by atoms with van der Waals surface area (Å²) in [5.41, 5.74) is 0.676. The van der Waals surface area contributed by atoms with E-state index in [0.717, 1.165) is 12.3 Å². The molecule has 0 aliphatic rings. The lowest BCUT2D eigenvalue weighted by Gasteiger charge is -2.13. The number of rotatable bonds is 5. The van der Waals surface area contributed by atoms with E-state index in [1.807, 2.05) is 6.07 Å². The fourth-order valence-electron chi connectivity index (χ4n) is 1.56. The fourth-order valence-corrected chi connectivity index (χ4v) is 2.58. The van der Waals surface area contributed by atoms with Crippen LogP contribution >= 0.6 is 0 Å². The van der Waals surface area contributed by atoms with Crippen LogP contribution in [0, 0.1) is 17.1 Å². The molecule has 0 aromatic heterocycles. The SMILES string of the molecule is CC(CS(C)(=O)=O)NCc1ccc(C#N)cc1F. The van der Waals surface area contributed by atoms with Crippen molar-refractivity contribution in [2.75, 3.05) is 12.0 Å². The third-order valence-corrected chi connectivity index (χ3v) is 3.48. The summed E-state index contributed by atoms with van der Waals surface area (Å²) in [7, 11) is -3.05. The first-order valence-corrected chi connectivity index (χ1v) is 7.47. The lowest BCUT2D eigenvalue weighted by molar-refractivity contribution is 0.542. The molecule has 1 rings (SSSR count). The van der Waals surface area contributed by atoms with Gasteiger partial charge in [-0.05, 0) is 19.1 Å². The highest BCUT2D eigenvalue weighted by molar-refractivity contribution is 7.90. The summed E-state index contributed by atoms with van der Waals surface area (Å²) < 4.78 is 35.6. The largest absolute Gasteiger partial charge is 0.309 e. The van der Waals surface area contributed by atoms with E-state index in [0.29, 0.717) is 5.56 Å². The number of benzene rings is 1. The number of nitriles is 1. The van der Waals surface area contributed by atoms with Crippen LogP contribution in [0.2, 0.25) is 0 Å². The summed E-state index contributed by atoms with van der Waals surface area (Å²) in [6, 6.07) is 5.81. The summed E-state index contributed by atoms with van der Waals surface area (Å²) in [5, 5.41) is 11.5. The summed E-state index contributed by atoms with van der Waals surface area (Å²) >= 11 is 0. The molecule has 98 valence electrons. The van der Waals surface area contributed by atoms with Crippen LogP contribution in [0.25, 0.3) is 0 Å². The number of sulfone groups is 1. The van der Waals surface area contributed by atoms with Crippen molar-refractivity contribution in [3.63, 3.8) is 0 Å². The monoisotopic (exact) mass is 270 g/mol. The molecule has 0 fully saturated rings. The Labute approximate surface area is 106 Å². The van der Waals surface area contributed by atoms with E-state index in [-0.39, 0.29) is 23.9 Å². The third kappa shape index (κ3) is 4.82. The van der Waals surface area contributed by atoms with E-state index >= 15 is 0 Å². The van der Waals surface area contributed by atoms with E-state index < -0.39 is 15.7 Å². The lowest BCUT2D eigenvalue weighted by Crippen LogP contribution is -2.32. The number of hydrogen-bond donors (Lipinski definition) is 1. The van der Waals surface area contributed by atoms with Crippen LogP contribution in [0.5, 0.6) is 0 Å². The smallest absolute Gasteiger partial charge is 0.148 e. The Balaban J connectivity index is 2.62. The van der Waals surface area contributed by atoms with E-state index in [2.05, 4.69) is 5.32 Å². The number of nitrogens with zero attached hydrogens (tertiary/aromatic N) is 1. The Hall–Kier alpha value is -1.45. The van der Waals surface area contributed by atoms with Gasteiger partial charge in [0, 0.05) is 24.4 Å². The lowest BCUT2D eigenvalue weighted by atomic mass is 10.1. The predicted octanol–water partition coefficient (Wildman–Crippen LogP) is 1.22. The quantitative estimate of drug-likeness (QED) is 0.873. The van der Waals surface area contributed by atoms with Crippen LogP contribution in [0.15, 0.2) is 18.2 Å². The highest BCUT2D eigenvalue weighted by Crippen LogP contribution is 2.10. The Kier molecular flexibility index (Phi) is 4.82. The average molecular weight is 270 g/mol. The molecule has 4 nitrogen and oxygen atoms in total. The predicted molar refractivity (Wildman–Crippen MR) is 67.1 cm³/mol. The zero-order chi connectivity index (χ0) is 13.8. The average Bonchev–Trinajstić information content (AvgIpc) is 2.25. The zero-order valence-corrected chi connectivity index (χ0v) is 11.1. The van der Waals surface area contributed by atoms with Gasteiger partial charge in [-0.1, -0.05) is 6.07 Å². The van der Waals surface area contributed by atoms with Crippen molar-refractivity contribution >= 4 is 9.84 Å². The standard InChI is InChI=1S/C12H15FN2O2S/c1-9(8-18(2,16)17)15-7-11-4-3-10(6-14)5-12(11)13/h3-5,9,15H,7-8H2,1-2H3. The minimum Gasteiger partial charge on any atom is -0.309 e. The second-order valence-corrected chi connectivity index (χ2v) is 6.48. The highest BCUT2D eigenvalue weighted by Gasteiger charge is 2.11. The van der Waals surface area contributed by atoms with Crippen molar-refractivity contribution in [1.29, 1.82) is 5.26 Å². The molecule has 1 aromatic carbocycles.